The van der Waals surface area contributed by atoms with Gasteiger partial charge in [-0.05, 0) is 40.6 Å². The number of nitrogens with zero attached hydrogens (tertiary/aromatic N) is 3. The second kappa shape index (κ2) is 8.68. The standard InChI is InChI=1S/C24H20N4O3S/c25-22(29)21-13-17-14-28(21)9-8-26-15-30-10-3-1-2-4-16-5-6-18-19-7-11-32-24(19)27-23(31-17)20(18)12-16/h1-9,11-13,15,17H,10,14H2,(H2,25,29). The molecule has 1 amide bonds. The third-order valence-corrected chi connectivity index (χ3v) is 5.96. The summed E-state index contributed by atoms with van der Waals surface area (Å²) in [6.45, 7) is 0.814. The van der Waals surface area contributed by atoms with Gasteiger partial charge >= 0.3 is 0 Å². The monoisotopic (exact) mass is 444 g/mol. The molecule has 2 aromatic heterocycles. The zero-order chi connectivity index (χ0) is 21.9. The number of thiophene rings is 1. The highest BCUT2D eigenvalue weighted by atomic mass is 32.1. The summed E-state index contributed by atoms with van der Waals surface area (Å²) in [5.74, 6) is 0.000127. The molecule has 3 aromatic rings. The van der Waals surface area contributed by atoms with Gasteiger partial charge in [-0.3, -0.25) is 4.79 Å². The molecule has 5 rings (SSSR count). The third-order valence-electron chi connectivity index (χ3n) is 5.15. The molecule has 0 saturated heterocycles. The van der Waals surface area contributed by atoms with E-state index in [0.717, 1.165) is 26.6 Å². The molecule has 0 spiro atoms. The number of fused-ring (bicyclic) bond motifs is 5. The fourth-order valence-electron chi connectivity index (χ4n) is 3.71. The highest BCUT2D eigenvalue weighted by molar-refractivity contribution is 7.16. The summed E-state index contributed by atoms with van der Waals surface area (Å²) in [5, 5.41) is 5.11. The maximum absolute atomic E-state index is 12.0. The average molecular weight is 445 g/mol. The molecule has 2 N–H and O–H groups in total. The lowest BCUT2D eigenvalue weighted by molar-refractivity contribution is -0.115. The number of amides is 1. The van der Waals surface area contributed by atoms with Crippen LogP contribution in [0.1, 0.15) is 5.56 Å². The highest BCUT2D eigenvalue weighted by Crippen LogP contribution is 2.35. The Bertz CT molecular complexity index is 1340. The molecule has 0 radical (unpaired) electrons. The summed E-state index contributed by atoms with van der Waals surface area (Å²) in [6, 6.07) is 8.30. The van der Waals surface area contributed by atoms with Gasteiger partial charge in [-0.2, -0.15) is 0 Å². The minimum absolute atomic E-state index is 0.355. The molecule has 1 unspecified atom stereocenters. The number of hydrogen-bond acceptors (Lipinski definition) is 7. The Balaban J connectivity index is 1.61. The molecule has 4 bridgehead atoms. The van der Waals surface area contributed by atoms with Crippen LogP contribution in [0.2, 0.25) is 0 Å². The number of aromatic nitrogens is 1. The molecule has 1 atom stereocenters. The number of aliphatic imine (C=N–C) groups is 1. The fraction of sp³-hybridized carbons (Fsp3) is 0.125. The summed E-state index contributed by atoms with van der Waals surface area (Å²) < 4.78 is 11.6. The number of pyridine rings is 1. The van der Waals surface area contributed by atoms with Gasteiger partial charge in [0.05, 0.1) is 6.54 Å². The lowest BCUT2D eigenvalue weighted by Crippen LogP contribution is -2.27. The predicted molar refractivity (Wildman–Crippen MR) is 127 cm³/mol. The average Bonchev–Trinajstić information content (AvgIpc) is 3.41. The minimum Gasteiger partial charge on any atom is -0.479 e. The quantitative estimate of drug-likeness (QED) is 0.613. The SMILES string of the molecule is NC(=O)C1=CC2CN1C=CN=COCC=CC=Cc1ccc3c(c1)c(nc1sccc13)O2. The Labute approximate surface area is 188 Å². The number of nitrogens with two attached hydrogens (primary N) is 1. The Morgan fingerprint density at radius 3 is 3.03 bits per heavy atom. The Morgan fingerprint density at radius 2 is 2.12 bits per heavy atom. The third kappa shape index (κ3) is 4.00. The number of ether oxygens (including phenoxy) is 2. The molecule has 4 heterocycles. The van der Waals surface area contributed by atoms with Crippen LogP contribution in [0.5, 0.6) is 5.88 Å². The van der Waals surface area contributed by atoms with E-state index in [0.29, 0.717) is 24.7 Å². The van der Waals surface area contributed by atoms with Crippen molar-refractivity contribution < 1.29 is 14.3 Å². The van der Waals surface area contributed by atoms with Gasteiger partial charge < -0.3 is 20.1 Å². The molecular formula is C24H20N4O3S. The van der Waals surface area contributed by atoms with E-state index in [2.05, 4.69) is 29.3 Å². The number of primary amides is 1. The molecule has 8 heteroatoms. The number of allylic oxidation sites excluding steroid dienone is 2. The van der Waals surface area contributed by atoms with Crippen molar-refractivity contribution in [2.24, 2.45) is 10.7 Å². The van der Waals surface area contributed by atoms with Gasteiger partial charge in [0.2, 0.25) is 5.88 Å². The van der Waals surface area contributed by atoms with E-state index >= 15 is 0 Å². The first-order valence-electron chi connectivity index (χ1n) is 10.1. The van der Waals surface area contributed by atoms with Gasteiger partial charge in [-0.15, -0.1) is 11.3 Å². The van der Waals surface area contributed by atoms with Crippen molar-refractivity contribution in [3.8, 4) is 5.88 Å². The van der Waals surface area contributed by atoms with E-state index in [-0.39, 0.29) is 0 Å². The molecular weight excluding hydrogens is 424 g/mol. The van der Waals surface area contributed by atoms with Crippen molar-refractivity contribution in [2.75, 3.05) is 13.2 Å². The molecule has 0 saturated carbocycles. The van der Waals surface area contributed by atoms with Crippen LogP contribution in [-0.4, -0.2) is 41.4 Å². The van der Waals surface area contributed by atoms with E-state index in [1.807, 2.05) is 29.7 Å². The molecule has 32 heavy (non-hydrogen) atoms. The molecule has 160 valence electrons. The normalized spacial score (nSPS) is 18.4. The Hall–Kier alpha value is -3.91. The Morgan fingerprint density at radius 1 is 1.19 bits per heavy atom. The summed E-state index contributed by atoms with van der Waals surface area (Å²) in [6.07, 6.45) is 13.7. The zero-order valence-corrected chi connectivity index (χ0v) is 17.9. The van der Waals surface area contributed by atoms with Crippen LogP contribution in [0.25, 0.3) is 27.1 Å². The molecule has 0 aliphatic carbocycles. The number of benzene rings is 1. The van der Waals surface area contributed by atoms with Gasteiger partial charge in [-0.25, -0.2) is 9.98 Å². The molecule has 2 aliphatic rings. The van der Waals surface area contributed by atoms with Crippen LogP contribution < -0.4 is 10.5 Å². The van der Waals surface area contributed by atoms with Crippen molar-refractivity contribution in [1.29, 1.82) is 0 Å². The van der Waals surface area contributed by atoms with Gasteiger partial charge in [0, 0.05) is 23.2 Å². The lowest BCUT2D eigenvalue weighted by atomic mass is 10.1. The molecule has 7 nitrogen and oxygen atoms in total. The predicted octanol–water partition coefficient (Wildman–Crippen LogP) is 3.98. The maximum atomic E-state index is 12.0. The van der Waals surface area contributed by atoms with Crippen LogP contribution in [0.3, 0.4) is 0 Å². The van der Waals surface area contributed by atoms with Crippen molar-refractivity contribution in [2.45, 2.75) is 6.10 Å². The largest absolute Gasteiger partial charge is 0.479 e. The first-order valence-corrected chi connectivity index (χ1v) is 11.0. The maximum Gasteiger partial charge on any atom is 0.265 e. The number of carbonyl (C=O) groups is 1. The highest BCUT2D eigenvalue weighted by Gasteiger charge is 2.27. The van der Waals surface area contributed by atoms with E-state index < -0.39 is 12.0 Å². The van der Waals surface area contributed by atoms with E-state index in [1.54, 1.807) is 34.7 Å². The lowest BCUT2D eigenvalue weighted by Gasteiger charge is -2.17. The van der Waals surface area contributed by atoms with Crippen molar-refractivity contribution in [1.82, 2.24) is 9.88 Å². The summed E-state index contributed by atoms with van der Waals surface area (Å²) >= 11 is 1.57. The fourth-order valence-corrected chi connectivity index (χ4v) is 4.48. The second-order valence-electron chi connectivity index (χ2n) is 7.26. The van der Waals surface area contributed by atoms with Crippen molar-refractivity contribution in [3.63, 3.8) is 0 Å². The van der Waals surface area contributed by atoms with Crippen LogP contribution >= 0.6 is 11.3 Å². The topological polar surface area (TPSA) is 90.0 Å². The summed E-state index contributed by atoms with van der Waals surface area (Å²) in [4.78, 5) is 23.4. The van der Waals surface area contributed by atoms with Crippen molar-refractivity contribution >= 4 is 50.7 Å². The van der Waals surface area contributed by atoms with Crippen LogP contribution in [-0.2, 0) is 9.53 Å². The zero-order valence-electron chi connectivity index (χ0n) is 17.0. The Kier molecular flexibility index (Phi) is 5.43. The summed E-state index contributed by atoms with van der Waals surface area (Å²) in [7, 11) is 0. The van der Waals surface area contributed by atoms with E-state index in [4.69, 9.17) is 20.2 Å². The van der Waals surface area contributed by atoms with Gasteiger partial charge in [-0.1, -0.05) is 30.4 Å². The van der Waals surface area contributed by atoms with Crippen molar-refractivity contribution in [3.05, 3.63) is 77.6 Å². The minimum atomic E-state index is -0.532. The van der Waals surface area contributed by atoms with E-state index in [1.165, 1.54) is 6.40 Å². The van der Waals surface area contributed by atoms with Crippen LogP contribution in [0, 0.1) is 0 Å². The number of rotatable bonds is 1. The summed E-state index contributed by atoms with van der Waals surface area (Å²) in [5.41, 5.74) is 6.96. The number of carbonyl (C=O) groups excluding carboxylic acids is 1. The molecule has 1 aromatic carbocycles. The van der Waals surface area contributed by atoms with Crippen LogP contribution in [0.4, 0.5) is 0 Å². The molecule has 0 fully saturated rings. The smallest absolute Gasteiger partial charge is 0.265 e. The number of hydrogen-bond donors (Lipinski definition) is 1. The van der Waals surface area contributed by atoms with Gasteiger partial charge in [0.15, 0.2) is 6.40 Å². The van der Waals surface area contributed by atoms with Gasteiger partial charge in [0.25, 0.3) is 5.91 Å². The second-order valence-corrected chi connectivity index (χ2v) is 8.15. The molecule has 2 aliphatic heterocycles. The van der Waals surface area contributed by atoms with E-state index in [9.17, 15) is 4.79 Å². The van der Waals surface area contributed by atoms with Gasteiger partial charge in [0.1, 0.15) is 23.2 Å². The van der Waals surface area contributed by atoms with Crippen LogP contribution in [0.15, 0.2) is 77.0 Å². The first-order chi connectivity index (χ1) is 15.7. The first kappa shape index (κ1) is 20.0.